The van der Waals surface area contributed by atoms with Gasteiger partial charge >= 0.3 is 0 Å². The van der Waals surface area contributed by atoms with Crippen molar-refractivity contribution in [2.24, 2.45) is 11.7 Å². The van der Waals surface area contributed by atoms with E-state index in [0.717, 1.165) is 6.42 Å². The lowest BCUT2D eigenvalue weighted by Gasteiger charge is -2.23. The van der Waals surface area contributed by atoms with Gasteiger partial charge in [-0.3, -0.25) is 14.4 Å². The lowest BCUT2D eigenvalue weighted by atomic mass is 9.98. The molecule has 0 saturated carbocycles. The zero-order valence-electron chi connectivity index (χ0n) is 11.1. The molecule has 0 rings (SSSR count). The summed E-state index contributed by atoms with van der Waals surface area (Å²) in [5.41, 5.74) is 4.95. The summed E-state index contributed by atoms with van der Waals surface area (Å²) in [6.07, 6.45) is 0.731. The van der Waals surface area contributed by atoms with Crippen molar-refractivity contribution < 1.29 is 14.4 Å². The minimum absolute atomic E-state index is 0.0290. The van der Waals surface area contributed by atoms with E-state index in [9.17, 15) is 14.4 Å². The van der Waals surface area contributed by atoms with Gasteiger partial charge in [0.05, 0.1) is 13.1 Å². The molecule has 0 bridgehead atoms. The number of likely N-dealkylation sites (N-methyl/N-ethyl adjacent to an activating group) is 1. The van der Waals surface area contributed by atoms with E-state index >= 15 is 0 Å². The Balaban J connectivity index is 4.51. The maximum absolute atomic E-state index is 11.8. The number of hydrogen-bond acceptors (Lipinski definition) is 4. The molecular weight excluding hydrogens is 236 g/mol. The first-order valence-electron chi connectivity index (χ1n) is 5.92. The van der Waals surface area contributed by atoms with Crippen LogP contribution in [0.5, 0.6) is 0 Å². The van der Waals surface area contributed by atoms with E-state index in [1.807, 2.05) is 13.8 Å². The van der Waals surface area contributed by atoms with Crippen LogP contribution in [-0.2, 0) is 14.4 Å². The Labute approximate surface area is 107 Å². The van der Waals surface area contributed by atoms with E-state index < -0.39 is 17.9 Å². The van der Waals surface area contributed by atoms with Crippen LogP contribution in [-0.4, -0.2) is 43.9 Å². The topological polar surface area (TPSA) is 113 Å². The van der Waals surface area contributed by atoms with Crippen molar-refractivity contribution in [2.45, 2.75) is 26.3 Å². The highest BCUT2D eigenvalue weighted by Crippen LogP contribution is 2.07. The third-order valence-corrected chi connectivity index (χ3v) is 2.59. The highest BCUT2D eigenvalue weighted by atomic mass is 16.2. The van der Waals surface area contributed by atoms with Gasteiger partial charge in [-0.25, -0.2) is 0 Å². The highest BCUT2D eigenvalue weighted by Gasteiger charge is 2.25. The van der Waals surface area contributed by atoms with Gasteiger partial charge in [-0.2, -0.15) is 0 Å². The van der Waals surface area contributed by atoms with Crippen molar-refractivity contribution >= 4 is 17.7 Å². The van der Waals surface area contributed by atoms with Gasteiger partial charge < -0.3 is 21.7 Å². The second-order valence-electron chi connectivity index (χ2n) is 4.15. The maximum Gasteiger partial charge on any atom is 0.243 e. The van der Waals surface area contributed by atoms with E-state index in [1.165, 1.54) is 0 Å². The molecule has 18 heavy (non-hydrogen) atoms. The van der Waals surface area contributed by atoms with Crippen LogP contribution in [0.3, 0.4) is 0 Å². The third kappa shape index (κ3) is 6.19. The molecule has 0 aromatic rings. The van der Waals surface area contributed by atoms with Crippen LogP contribution in [0.15, 0.2) is 0 Å². The number of hydrogen-bond donors (Lipinski definition) is 4. The Morgan fingerprint density at radius 1 is 1.22 bits per heavy atom. The van der Waals surface area contributed by atoms with Gasteiger partial charge in [-0.15, -0.1) is 0 Å². The number of nitrogens with one attached hydrogen (secondary N) is 3. The molecule has 0 aliphatic rings. The lowest BCUT2D eigenvalue weighted by Crippen LogP contribution is -2.52. The van der Waals surface area contributed by atoms with E-state index in [0.29, 0.717) is 0 Å². The Morgan fingerprint density at radius 3 is 2.28 bits per heavy atom. The van der Waals surface area contributed by atoms with Gasteiger partial charge in [0.1, 0.15) is 6.04 Å². The number of amides is 3. The first-order valence-corrected chi connectivity index (χ1v) is 5.92. The van der Waals surface area contributed by atoms with E-state index in [2.05, 4.69) is 16.0 Å². The monoisotopic (exact) mass is 258 g/mol. The smallest absolute Gasteiger partial charge is 0.243 e. The molecule has 3 amide bonds. The molecule has 0 aromatic heterocycles. The summed E-state index contributed by atoms with van der Waals surface area (Å²) in [5.74, 6) is -1.31. The molecule has 104 valence electrons. The molecule has 0 unspecified atom stereocenters. The van der Waals surface area contributed by atoms with Gasteiger partial charge in [0, 0.05) is 0 Å². The SMILES string of the molecule is CC[C@H](C)[C@H](NC(=O)CNC)C(=O)NCC(N)=O. The number of primary amides is 1. The second kappa shape index (κ2) is 8.46. The fourth-order valence-corrected chi connectivity index (χ4v) is 1.37. The maximum atomic E-state index is 11.8. The quantitative estimate of drug-likeness (QED) is 0.417. The predicted molar refractivity (Wildman–Crippen MR) is 67.5 cm³/mol. The van der Waals surface area contributed by atoms with Crippen molar-refractivity contribution in [2.75, 3.05) is 20.1 Å². The van der Waals surface area contributed by atoms with E-state index in [-0.39, 0.29) is 24.9 Å². The third-order valence-electron chi connectivity index (χ3n) is 2.59. The minimum Gasteiger partial charge on any atom is -0.368 e. The molecule has 7 nitrogen and oxygen atoms in total. The predicted octanol–water partition coefficient (Wildman–Crippen LogP) is -1.66. The Kier molecular flexibility index (Phi) is 7.69. The van der Waals surface area contributed by atoms with Crippen molar-refractivity contribution in [1.29, 1.82) is 0 Å². The van der Waals surface area contributed by atoms with Gasteiger partial charge in [0.15, 0.2) is 0 Å². The van der Waals surface area contributed by atoms with Crippen LogP contribution in [0.25, 0.3) is 0 Å². The molecule has 0 fully saturated rings. The fraction of sp³-hybridized carbons (Fsp3) is 0.727. The minimum atomic E-state index is -0.657. The van der Waals surface area contributed by atoms with Crippen LogP contribution in [0.2, 0.25) is 0 Å². The Bertz CT molecular complexity index is 307. The summed E-state index contributed by atoms with van der Waals surface area (Å²) < 4.78 is 0. The molecule has 0 aromatic carbocycles. The van der Waals surface area contributed by atoms with Gasteiger partial charge in [0.2, 0.25) is 17.7 Å². The summed E-state index contributed by atoms with van der Waals surface area (Å²) >= 11 is 0. The number of rotatable bonds is 8. The Hall–Kier alpha value is -1.63. The van der Waals surface area contributed by atoms with Crippen LogP contribution >= 0.6 is 0 Å². The van der Waals surface area contributed by atoms with Crippen LogP contribution in [0, 0.1) is 5.92 Å². The summed E-state index contributed by atoms with van der Waals surface area (Å²) in [7, 11) is 1.64. The standard InChI is InChI=1S/C11H22N4O3/c1-4-7(2)10(15-9(17)6-13-3)11(18)14-5-8(12)16/h7,10,13H,4-6H2,1-3H3,(H2,12,16)(H,14,18)(H,15,17)/t7-,10-/m0/s1. The number of carbonyl (C=O) groups excluding carboxylic acids is 3. The summed E-state index contributed by atoms with van der Waals surface area (Å²) in [5, 5.41) is 7.72. The molecule has 0 aliphatic heterocycles. The molecule has 0 radical (unpaired) electrons. The molecule has 5 N–H and O–H groups in total. The molecule has 2 atom stereocenters. The Morgan fingerprint density at radius 2 is 1.83 bits per heavy atom. The average Bonchev–Trinajstić information content (AvgIpc) is 2.32. The van der Waals surface area contributed by atoms with Crippen LogP contribution in [0.1, 0.15) is 20.3 Å². The van der Waals surface area contributed by atoms with Gasteiger partial charge in [0.25, 0.3) is 0 Å². The normalized spacial score (nSPS) is 13.5. The van der Waals surface area contributed by atoms with Crippen molar-refractivity contribution in [3.63, 3.8) is 0 Å². The van der Waals surface area contributed by atoms with E-state index in [1.54, 1.807) is 7.05 Å². The zero-order valence-corrected chi connectivity index (χ0v) is 11.1. The largest absolute Gasteiger partial charge is 0.368 e. The molecule has 0 saturated heterocycles. The average molecular weight is 258 g/mol. The summed E-state index contributed by atoms with van der Waals surface area (Å²) in [6, 6.07) is -0.657. The van der Waals surface area contributed by atoms with Crippen LogP contribution in [0.4, 0.5) is 0 Å². The first-order chi connectivity index (χ1) is 8.42. The van der Waals surface area contributed by atoms with Crippen molar-refractivity contribution in [3.8, 4) is 0 Å². The van der Waals surface area contributed by atoms with Crippen molar-refractivity contribution in [3.05, 3.63) is 0 Å². The highest BCUT2D eigenvalue weighted by molar-refractivity contribution is 5.90. The van der Waals surface area contributed by atoms with E-state index in [4.69, 9.17) is 5.73 Å². The first kappa shape index (κ1) is 16.4. The van der Waals surface area contributed by atoms with Crippen molar-refractivity contribution in [1.82, 2.24) is 16.0 Å². The summed E-state index contributed by atoms with van der Waals surface area (Å²) in [4.78, 5) is 33.9. The lowest BCUT2D eigenvalue weighted by molar-refractivity contribution is -0.130. The molecule has 0 heterocycles. The van der Waals surface area contributed by atoms with Gasteiger partial charge in [-0.05, 0) is 13.0 Å². The fourth-order valence-electron chi connectivity index (χ4n) is 1.37. The number of carbonyl (C=O) groups is 3. The number of nitrogens with two attached hydrogens (primary N) is 1. The summed E-state index contributed by atoms with van der Waals surface area (Å²) in [6.45, 7) is 3.68. The molecule has 0 spiro atoms. The van der Waals surface area contributed by atoms with Crippen LogP contribution < -0.4 is 21.7 Å². The zero-order chi connectivity index (χ0) is 14.1. The second-order valence-corrected chi connectivity index (χ2v) is 4.15. The molecule has 7 heteroatoms. The molecular formula is C11H22N4O3. The van der Waals surface area contributed by atoms with Gasteiger partial charge in [-0.1, -0.05) is 20.3 Å². The molecule has 0 aliphatic carbocycles.